The molecule has 0 aliphatic carbocycles. The molecule has 0 heterocycles. The Morgan fingerprint density at radius 3 is 2.59 bits per heavy atom. The lowest BCUT2D eigenvalue weighted by molar-refractivity contribution is 0.287. The van der Waals surface area contributed by atoms with Gasteiger partial charge in [-0.1, -0.05) is 39.7 Å². The van der Waals surface area contributed by atoms with E-state index in [4.69, 9.17) is 26.4 Å². The average Bonchev–Trinajstić information content (AvgIpc) is 2.48. The van der Waals surface area contributed by atoms with Crippen molar-refractivity contribution < 1.29 is 14.2 Å². The fraction of sp³-hybridized carbons (Fsp3) is 0.235. The number of hydrogen-bond donors (Lipinski definition) is 0. The molecule has 2 aromatic rings. The number of rotatable bonds is 4. The molecule has 0 amide bonds. The molecular formula is C17H17BrO3S. The molecule has 0 bridgehead atoms. The second-order valence-electron chi connectivity index (χ2n) is 4.83. The van der Waals surface area contributed by atoms with Gasteiger partial charge in [0.1, 0.15) is 18.1 Å². The first kappa shape index (κ1) is 16.8. The molecule has 0 unspecified atom stereocenters. The Morgan fingerprint density at radius 2 is 1.91 bits per heavy atom. The Bertz CT molecular complexity index is 686. The van der Waals surface area contributed by atoms with Crippen molar-refractivity contribution in [2.24, 2.45) is 0 Å². The van der Waals surface area contributed by atoms with Crippen LogP contribution in [0, 0.1) is 13.8 Å². The van der Waals surface area contributed by atoms with Gasteiger partial charge in [0.25, 0.3) is 0 Å². The molecule has 5 heteroatoms. The molecule has 0 saturated heterocycles. The molecule has 22 heavy (non-hydrogen) atoms. The Labute approximate surface area is 144 Å². The fourth-order valence-electron chi connectivity index (χ4n) is 2.02. The molecule has 0 saturated carbocycles. The summed E-state index contributed by atoms with van der Waals surface area (Å²) in [5.41, 5.74) is 3.18. The summed E-state index contributed by atoms with van der Waals surface area (Å²) < 4.78 is 17.2. The second-order valence-corrected chi connectivity index (χ2v) is 6.02. The third kappa shape index (κ3) is 4.21. The number of hydrogen-bond acceptors (Lipinski definition) is 4. The average molecular weight is 381 g/mol. The number of ether oxygens (including phenoxy) is 3. The van der Waals surface area contributed by atoms with Crippen LogP contribution >= 0.6 is 28.1 Å². The minimum atomic E-state index is 0.0749. The van der Waals surface area contributed by atoms with Gasteiger partial charge >= 0.3 is 5.24 Å². The summed E-state index contributed by atoms with van der Waals surface area (Å²) in [5, 5.41) is 0.0749. The van der Waals surface area contributed by atoms with E-state index in [0.717, 1.165) is 21.3 Å². The summed E-state index contributed by atoms with van der Waals surface area (Å²) in [6.07, 6.45) is 0. The molecule has 0 spiro atoms. The summed E-state index contributed by atoms with van der Waals surface area (Å²) in [7, 11) is 1.48. The minimum Gasteiger partial charge on any atom is -0.488 e. The monoisotopic (exact) mass is 380 g/mol. The van der Waals surface area contributed by atoms with E-state index >= 15 is 0 Å². The van der Waals surface area contributed by atoms with Crippen LogP contribution in [0.5, 0.6) is 11.5 Å². The highest BCUT2D eigenvalue weighted by Crippen LogP contribution is 2.29. The minimum absolute atomic E-state index is 0.0749. The molecule has 0 fully saturated rings. The predicted octanol–water partition coefficient (Wildman–Crippen LogP) is 4.96. The first-order valence-electron chi connectivity index (χ1n) is 6.74. The quantitative estimate of drug-likeness (QED) is 0.700. The van der Waals surface area contributed by atoms with Crippen LogP contribution in [-0.4, -0.2) is 12.3 Å². The summed E-state index contributed by atoms with van der Waals surface area (Å²) in [5.74, 6) is 1.47. The van der Waals surface area contributed by atoms with E-state index in [9.17, 15) is 0 Å². The topological polar surface area (TPSA) is 27.7 Å². The van der Waals surface area contributed by atoms with Crippen LogP contribution in [0.3, 0.4) is 0 Å². The Hall–Kier alpha value is -1.59. The summed E-state index contributed by atoms with van der Waals surface area (Å²) >= 11 is 8.47. The lowest BCUT2D eigenvalue weighted by Gasteiger charge is -2.14. The first-order chi connectivity index (χ1) is 10.5. The van der Waals surface area contributed by atoms with Crippen molar-refractivity contribution in [2.75, 3.05) is 7.11 Å². The van der Waals surface area contributed by atoms with Gasteiger partial charge < -0.3 is 14.2 Å². The van der Waals surface area contributed by atoms with Crippen molar-refractivity contribution in [3.05, 3.63) is 57.6 Å². The van der Waals surface area contributed by atoms with Crippen LogP contribution in [0.25, 0.3) is 0 Å². The van der Waals surface area contributed by atoms with Gasteiger partial charge in [-0.2, -0.15) is 0 Å². The van der Waals surface area contributed by atoms with Gasteiger partial charge in [0, 0.05) is 22.3 Å². The number of aryl methyl sites for hydroxylation is 2. The molecule has 2 aromatic carbocycles. The first-order valence-corrected chi connectivity index (χ1v) is 7.94. The molecule has 0 aromatic heterocycles. The zero-order valence-electron chi connectivity index (χ0n) is 12.7. The van der Waals surface area contributed by atoms with Crippen molar-refractivity contribution in [1.82, 2.24) is 0 Å². The zero-order valence-corrected chi connectivity index (χ0v) is 15.1. The van der Waals surface area contributed by atoms with Crippen molar-refractivity contribution in [3.8, 4) is 11.5 Å². The van der Waals surface area contributed by atoms with Gasteiger partial charge in [-0.15, -0.1) is 0 Å². The van der Waals surface area contributed by atoms with Gasteiger partial charge in [0.15, 0.2) is 0 Å². The van der Waals surface area contributed by atoms with Gasteiger partial charge in [0.05, 0.1) is 7.11 Å². The molecule has 3 nitrogen and oxygen atoms in total. The van der Waals surface area contributed by atoms with Gasteiger partial charge in [0.2, 0.25) is 0 Å². The van der Waals surface area contributed by atoms with Crippen LogP contribution in [0.4, 0.5) is 0 Å². The molecule has 2 rings (SSSR count). The van der Waals surface area contributed by atoms with Crippen molar-refractivity contribution in [3.63, 3.8) is 0 Å². The van der Waals surface area contributed by atoms with E-state index in [-0.39, 0.29) is 5.24 Å². The molecule has 0 aliphatic rings. The second kappa shape index (κ2) is 7.61. The molecule has 0 radical (unpaired) electrons. The lowest BCUT2D eigenvalue weighted by Crippen LogP contribution is -2.10. The Morgan fingerprint density at radius 1 is 1.14 bits per heavy atom. The number of benzene rings is 2. The van der Waals surface area contributed by atoms with Crippen LogP contribution in [0.15, 0.2) is 40.9 Å². The maximum atomic E-state index is 5.92. The fourth-order valence-corrected chi connectivity index (χ4v) is 2.57. The number of halogens is 1. The largest absolute Gasteiger partial charge is 0.488 e. The van der Waals surface area contributed by atoms with E-state index in [1.54, 1.807) is 0 Å². The number of thiocarbonyl (C=S) groups is 1. The molecule has 0 N–H and O–H groups in total. The molecule has 116 valence electrons. The van der Waals surface area contributed by atoms with E-state index < -0.39 is 0 Å². The maximum Gasteiger partial charge on any atom is 0.357 e. The van der Waals surface area contributed by atoms with Crippen LogP contribution in [-0.2, 0) is 11.3 Å². The number of methoxy groups -OCH3 is 1. The van der Waals surface area contributed by atoms with Crippen molar-refractivity contribution >= 4 is 33.4 Å². The van der Waals surface area contributed by atoms with E-state index in [2.05, 4.69) is 28.9 Å². The zero-order chi connectivity index (χ0) is 16.1. The third-order valence-electron chi connectivity index (χ3n) is 3.14. The summed E-state index contributed by atoms with van der Waals surface area (Å²) in [6, 6.07) is 11.7. The highest BCUT2D eigenvalue weighted by Gasteiger charge is 2.12. The smallest absolute Gasteiger partial charge is 0.357 e. The molecule has 0 aliphatic heterocycles. The van der Waals surface area contributed by atoms with Crippen LogP contribution < -0.4 is 9.47 Å². The van der Waals surface area contributed by atoms with Gasteiger partial charge in [-0.05, 0) is 37.6 Å². The van der Waals surface area contributed by atoms with Crippen LogP contribution in [0.1, 0.15) is 16.7 Å². The van der Waals surface area contributed by atoms with Gasteiger partial charge in [-0.25, -0.2) is 0 Å². The standard InChI is InChI=1S/C17H17BrO3S/c1-11-7-8-15(12(2)9-11)20-10-13-14(18)5-4-6-16(13)21-17(22)19-3/h4-9H,10H2,1-3H3. The van der Waals surface area contributed by atoms with Crippen molar-refractivity contribution in [2.45, 2.75) is 20.5 Å². The van der Waals surface area contributed by atoms with Gasteiger partial charge in [-0.3, -0.25) is 0 Å². The SMILES string of the molecule is COC(=S)Oc1cccc(Br)c1COc1ccc(C)cc1C. The van der Waals surface area contributed by atoms with E-state index in [0.29, 0.717) is 12.4 Å². The molecule has 0 atom stereocenters. The summed E-state index contributed by atoms with van der Waals surface area (Å²) in [4.78, 5) is 0. The normalized spacial score (nSPS) is 10.2. The molecular weight excluding hydrogens is 364 g/mol. The van der Waals surface area contributed by atoms with Crippen LogP contribution in [0.2, 0.25) is 0 Å². The highest BCUT2D eigenvalue weighted by molar-refractivity contribution is 9.10. The van der Waals surface area contributed by atoms with E-state index in [1.165, 1.54) is 12.7 Å². The van der Waals surface area contributed by atoms with Crippen molar-refractivity contribution in [1.29, 1.82) is 0 Å². The highest BCUT2D eigenvalue weighted by atomic mass is 79.9. The predicted molar refractivity (Wildman–Crippen MR) is 94.6 cm³/mol. The third-order valence-corrected chi connectivity index (χ3v) is 4.13. The summed E-state index contributed by atoms with van der Waals surface area (Å²) in [6.45, 7) is 4.45. The Balaban J connectivity index is 2.19. The lowest BCUT2D eigenvalue weighted by atomic mass is 10.1. The Kier molecular flexibility index (Phi) is 5.80. The van der Waals surface area contributed by atoms with E-state index in [1.807, 2.05) is 37.3 Å². The maximum absolute atomic E-state index is 5.92.